The molecule has 1 saturated heterocycles. The number of aryl methyl sites for hydroxylation is 3. The first-order valence-electron chi connectivity index (χ1n) is 19.5. The summed E-state index contributed by atoms with van der Waals surface area (Å²) in [5.74, 6) is -1.48. The van der Waals surface area contributed by atoms with Gasteiger partial charge in [0, 0.05) is 18.3 Å². The number of piperidine rings is 1. The van der Waals surface area contributed by atoms with Gasteiger partial charge < -0.3 is 24.6 Å². The van der Waals surface area contributed by atoms with Crippen molar-refractivity contribution in [1.29, 1.82) is 0 Å². The summed E-state index contributed by atoms with van der Waals surface area (Å²) in [6.45, 7) is 9.18. The molecule has 2 N–H and O–H groups in total. The summed E-state index contributed by atoms with van der Waals surface area (Å²) in [6, 6.07) is 6.93. The van der Waals surface area contributed by atoms with Crippen LogP contribution in [0.25, 0.3) is 11.1 Å². The monoisotopic (exact) mass is 749 g/mol. The van der Waals surface area contributed by atoms with Gasteiger partial charge in [-0.25, -0.2) is 0 Å². The van der Waals surface area contributed by atoms with Gasteiger partial charge >= 0.3 is 12.1 Å². The van der Waals surface area contributed by atoms with E-state index in [9.17, 15) is 32.7 Å². The van der Waals surface area contributed by atoms with E-state index in [0.717, 1.165) is 65.7 Å². The lowest BCUT2D eigenvalue weighted by atomic mass is 9.86. The zero-order valence-electron chi connectivity index (χ0n) is 32.2. The Balaban J connectivity index is 1.36. The molecule has 0 spiro atoms. The molecule has 54 heavy (non-hydrogen) atoms. The van der Waals surface area contributed by atoms with Crippen LogP contribution in [0.5, 0.6) is 5.75 Å². The van der Waals surface area contributed by atoms with Gasteiger partial charge in [0.25, 0.3) is 5.56 Å². The highest BCUT2D eigenvalue weighted by molar-refractivity contribution is 5.82. The number of nitrogens with zero attached hydrogens (tertiary/aromatic N) is 2. The molecular formula is C43H54F3N3O5. The van der Waals surface area contributed by atoms with Crippen LogP contribution < -0.4 is 15.6 Å². The minimum atomic E-state index is -4.73. The number of benzene rings is 2. The number of nitrogens with one attached hydrogen (secondary N) is 1. The van der Waals surface area contributed by atoms with E-state index in [1.165, 1.54) is 29.2 Å². The van der Waals surface area contributed by atoms with Gasteiger partial charge in [-0.05, 0) is 153 Å². The summed E-state index contributed by atoms with van der Waals surface area (Å²) in [5.41, 5.74) is 5.18. The lowest BCUT2D eigenvalue weighted by molar-refractivity contribution is -0.139. The number of hydrogen-bond acceptors (Lipinski definition) is 5. The quantitative estimate of drug-likeness (QED) is 0.192. The van der Waals surface area contributed by atoms with Crippen molar-refractivity contribution in [3.05, 3.63) is 85.8 Å². The Morgan fingerprint density at radius 2 is 1.63 bits per heavy atom. The molecule has 2 aliphatic carbocycles. The summed E-state index contributed by atoms with van der Waals surface area (Å²) in [6.07, 6.45) is 4.61. The average Bonchev–Trinajstić information content (AvgIpc) is 3.83. The molecule has 1 aliphatic heterocycles. The second kappa shape index (κ2) is 16.3. The van der Waals surface area contributed by atoms with Crippen molar-refractivity contribution in [2.75, 3.05) is 20.2 Å². The minimum absolute atomic E-state index is 0.0466. The second-order valence-electron chi connectivity index (χ2n) is 16.1. The van der Waals surface area contributed by atoms with Gasteiger partial charge in [0.1, 0.15) is 11.8 Å². The second-order valence-corrected chi connectivity index (χ2v) is 16.1. The first kappa shape index (κ1) is 39.6. The van der Waals surface area contributed by atoms with E-state index in [-0.39, 0.29) is 17.9 Å². The normalized spacial score (nSPS) is 18.2. The fourth-order valence-electron chi connectivity index (χ4n) is 9.33. The van der Waals surface area contributed by atoms with E-state index in [1.807, 2.05) is 52.0 Å². The van der Waals surface area contributed by atoms with Gasteiger partial charge in [0.15, 0.2) is 0 Å². The number of alkyl halides is 3. The van der Waals surface area contributed by atoms with Crippen molar-refractivity contribution in [1.82, 2.24) is 14.8 Å². The lowest BCUT2D eigenvalue weighted by Crippen LogP contribution is -2.42. The number of fused-ring (bicyclic) bond motifs is 1. The number of carboxylic acid groups (broad SMARTS) is 1. The van der Waals surface area contributed by atoms with Crippen molar-refractivity contribution in [3.8, 4) is 16.9 Å². The SMILES string of the molecule is COc1cc(C)c(-c2cc([C@H](CC(=O)O)NC(=O)[C@H](CC(C)C)n3cc(C4CCN(C5CCCC5)CC4)c(C(F)(F)F)cc3=O)cc3c2CCC3)c(C)c1. The van der Waals surface area contributed by atoms with E-state index < -0.39 is 53.6 Å². The largest absolute Gasteiger partial charge is 0.497 e. The van der Waals surface area contributed by atoms with E-state index in [2.05, 4.69) is 10.2 Å². The molecule has 2 atom stereocenters. The predicted molar refractivity (Wildman–Crippen MR) is 203 cm³/mol. The molecule has 6 rings (SSSR count). The first-order chi connectivity index (χ1) is 25.6. The van der Waals surface area contributed by atoms with E-state index in [0.29, 0.717) is 43.6 Å². The van der Waals surface area contributed by atoms with Crippen molar-refractivity contribution in [2.45, 2.75) is 129 Å². The standard InChI is InChI=1S/C43H54F3N3O5/c1-25(2)17-38(49-24-35(36(22-39(49)50)43(44,45)46)28-13-15-48(16-14-28)31-10-6-7-11-31)42(53)47-37(23-40(51)52)30-20-29-9-8-12-33(29)34(21-30)41-26(3)18-32(54-5)19-27(41)4/h18-22,24-25,28,31,37-38H,6-17,23H2,1-5H3,(H,47,53)(H,51,52)/t37-,38-/m0/s1. The molecule has 3 aliphatic rings. The minimum Gasteiger partial charge on any atom is -0.497 e. The van der Waals surface area contributed by atoms with Crippen LogP contribution in [0.4, 0.5) is 13.2 Å². The lowest BCUT2D eigenvalue weighted by Gasteiger charge is -2.37. The van der Waals surface area contributed by atoms with Crippen LogP contribution in [0, 0.1) is 19.8 Å². The van der Waals surface area contributed by atoms with E-state index in [1.54, 1.807) is 7.11 Å². The number of aromatic nitrogens is 1. The molecule has 1 aromatic heterocycles. The molecule has 1 saturated carbocycles. The van der Waals surface area contributed by atoms with Crippen LogP contribution in [0.15, 0.2) is 41.3 Å². The summed E-state index contributed by atoms with van der Waals surface area (Å²) in [4.78, 5) is 42.8. The molecule has 8 nitrogen and oxygen atoms in total. The van der Waals surface area contributed by atoms with Gasteiger partial charge in [-0.3, -0.25) is 14.4 Å². The number of likely N-dealkylation sites (tertiary alicyclic amines) is 1. The average molecular weight is 750 g/mol. The number of halogens is 3. The summed E-state index contributed by atoms with van der Waals surface area (Å²) in [5, 5.41) is 13.0. The van der Waals surface area contributed by atoms with Crippen LogP contribution >= 0.6 is 0 Å². The maximum absolute atomic E-state index is 14.5. The van der Waals surface area contributed by atoms with Crippen LogP contribution in [0.3, 0.4) is 0 Å². The number of carbonyl (C=O) groups is 2. The molecule has 3 aromatic rings. The molecule has 292 valence electrons. The summed E-state index contributed by atoms with van der Waals surface area (Å²) < 4.78 is 50.2. The predicted octanol–water partition coefficient (Wildman–Crippen LogP) is 8.69. The third-order valence-electron chi connectivity index (χ3n) is 11.9. The van der Waals surface area contributed by atoms with Crippen LogP contribution in [-0.2, 0) is 28.6 Å². The van der Waals surface area contributed by atoms with Crippen LogP contribution in [0.1, 0.15) is 129 Å². The van der Waals surface area contributed by atoms with Crippen molar-refractivity contribution < 1.29 is 32.6 Å². The Labute approximate surface area is 316 Å². The highest BCUT2D eigenvalue weighted by Crippen LogP contribution is 2.42. The zero-order chi connectivity index (χ0) is 38.9. The number of carboxylic acids is 1. The summed E-state index contributed by atoms with van der Waals surface area (Å²) in [7, 11) is 1.62. The fraction of sp³-hybridized carbons (Fsp3) is 0.558. The molecule has 2 aromatic carbocycles. The number of hydrogen-bond donors (Lipinski definition) is 2. The molecule has 1 amide bonds. The highest BCUT2D eigenvalue weighted by atomic mass is 19.4. The van der Waals surface area contributed by atoms with Gasteiger partial charge in [0.2, 0.25) is 5.91 Å². The van der Waals surface area contributed by atoms with Crippen molar-refractivity contribution >= 4 is 11.9 Å². The fourth-order valence-corrected chi connectivity index (χ4v) is 9.33. The number of amides is 1. The number of rotatable bonds is 12. The van der Waals surface area contributed by atoms with Gasteiger partial charge in [-0.15, -0.1) is 0 Å². The van der Waals surface area contributed by atoms with Gasteiger partial charge in [0.05, 0.1) is 25.1 Å². The highest BCUT2D eigenvalue weighted by Gasteiger charge is 2.39. The maximum Gasteiger partial charge on any atom is 0.416 e. The van der Waals surface area contributed by atoms with E-state index >= 15 is 0 Å². The Hall–Kier alpha value is -4.12. The smallest absolute Gasteiger partial charge is 0.416 e. The maximum atomic E-state index is 14.5. The third-order valence-corrected chi connectivity index (χ3v) is 11.9. The number of pyridine rings is 1. The number of carbonyl (C=O) groups excluding carboxylic acids is 1. The van der Waals surface area contributed by atoms with Crippen molar-refractivity contribution in [3.63, 3.8) is 0 Å². The Bertz CT molecular complexity index is 1900. The zero-order valence-corrected chi connectivity index (χ0v) is 32.2. The number of methoxy groups -OCH3 is 1. The molecule has 0 radical (unpaired) electrons. The number of ether oxygens (including phenoxy) is 1. The van der Waals surface area contributed by atoms with Gasteiger partial charge in [-0.2, -0.15) is 13.2 Å². The molecule has 2 fully saturated rings. The third kappa shape index (κ3) is 8.56. The molecule has 0 bridgehead atoms. The van der Waals surface area contributed by atoms with Crippen LogP contribution in [0.2, 0.25) is 0 Å². The first-order valence-corrected chi connectivity index (χ1v) is 19.5. The summed E-state index contributed by atoms with van der Waals surface area (Å²) >= 11 is 0. The topological polar surface area (TPSA) is 101 Å². The molecule has 11 heteroatoms. The van der Waals surface area contributed by atoms with Gasteiger partial charge in [-0.1, -0.05) is 32.8 Å². The molecule has 0 unspecified atom stereocenters. The van der Waals surface area contributed by atoms with Crippen LogP contribution in [-0.4, -0.2) is 52.7 Å². The Morgan fingerprint density at radius 1 is 0.963 bits per heavy atom. The molecular weight excluding hydrogens is 695 g/mol. The van der Waals surface area contributed by atoms with E-state index in [4.69, 9.17) is 4.74 Å². The van der Waals surface area contributed by atoms with Crippen molar-refractivity contribution in [2.24, 2.45) is 5.92 Å². The number of aliphatic carboxylic acids is 1. The Kier molecular flexibility index (Phi) is 12.0. The molecule has 2 heterocycles. The Morgan fingerprint density at radius 3 is 2.22 bits per heavy atom.